The zero-order valence-electron chi connectivity index (χ0n) is 20.8. The maximum absolute atomic E-state index is 13.3. The summed E-state index contributed by atoms with van der Waals surface area (Å²) < 4.78 is 30.5. The molecule has 9 heteroatoms. The molecule has 6 nitrogen and oxygen atoms in total. The molecule has 0 aliphatic heterocycles. The summed E-state index contributed by atoms with van der Waals surface area (Å²) in [5.74, 6) is 0.311. The van der Waals surface area contributed by atoms with Gasteiger partial charge in [0.2, 0.25) is 5.75 Å². The Balaban J connectivity index is 2.06. The number of methoxy groups -OCH3 is 2. The Hall–Kier alpha value is -3.03. The van der Waals surface area contributed by atoms with E-state index in [-0.39, 0.29) is 28.0 Å². The molecule has 0 aliphatic rings. The molecular weight excluding hydrogens is 506 g/mol. The number of pyridine rings is 1. The largest absolute Gasteiger partial charge is 0.493 e. The van der Waals surface area contributed by atoms with Crippen LogP contribution >= 0.6 is 23.2 Å². The van der Waals surface area contributed by atoms with E-state index < -0.39 is 5.92 Å². The minimum absolute atomic E-state index is 0.238. The number of benzene rings is 2. The minimum atomic E-state index is -0.880. The summed E-state index contributed by atoms with van der Waals surface area (Å²) in [6.07, 6.45) is 2.72. The summed E-state index contributed by atoms with van der Waals surface area (Å²) in [7, 11) is 3.00. The van der Waals surface area contributed by atoms with E-state index in [1.807, 2.05) is 20.8 Å². The van der Waals surface area contributed by atoms with Crippen LogP contribution in [0.3, 0.4) is 0 Å². The Morgan fingerprint density at radius 2 is 1.75 bits per heavy atom. The van der Waals surface area contributed by atoms with Crippen molar-refractivity contribution in [3.05, 3.63) is 75.1 Å². The number of rotatable bonds is 10. The van der Waals surface area contributed by atoms with E-state index in [0.29, 0.717) is 40.6 Å². The predicted molar refractivity (Wildman–Crippen MR) is 141 cm³/mol. The first kappa shape index (κ1) is 27.6. The van der Waals surface area contributed by atoms with Gasteiger partial charge in [-0.15, -0.1) is 0 Å². The normalized spacial score (nSPS) is 12.1. The molecule has 0 radical (unpaired) electrons. The SMILES string of the molecule is COc1ccc(C(C=O)c2c(Cl)cnc(NC(C)(C)C)c2Cl)c(OCCc2ccc(F)cc2)c1OC. The third kappa shape index (κ3) is 6.39. The molecule has 0 amide bonds. The monoisotopic (exact) mass is 534 g/mol. The van der Waals surface area contributed by atoms with Crippen LogP contribution in [0.1, 0.15) is 43.4 Å². The lowest BCUT2D eigenvalue weighted by molar-refractivity contribution is -0.108. The van der Waals surface area contributed by atoms with Crippen LogP contribution in [-0.2, 0) is 11.2 Å². The van der Waals surface area contributed by atoms with Crippen molar-refractivity contribution in [2.24, 2.45) is 0 Å². The molecule has 2 aromatic carbocycles. The van der Waals surface area contributed by atoms with Gasteiger partial charge in [-0.05, 0) is 44.5 Å². The molecule has 1 aromatic heterocycles. The Morgan fingerprint density at radius 1 is 1.06 bits per heavy atom. The zero-order chi connectivity index (χ0) is 26.5. The summed E-state index contributed by atoms with van der Waals surface area (Å²) in [4.78, 5) is 16.8. The number of anilines is 1. The standard InChI is InChI=1S/C27H29Cl2FN2O4/c1-27(2,3)32-26-23(29)22(20(28)14-31-26)19(15-33)18-10-11-21(34-4)25(35-5)24(18)36-13-12-16-6-8-17(30)9-7-16/h6-11,14-15,19H,12-13H2,1-5H3,(H,31,32). The van der Waals surface area contributed by atoms with Crippen LogP contribution in [0.5, 0.6) is 17.2 Å². The fraction of sp³-hybridized carbons (Fsp3) is 0.333. The van der Waals surface area contributed by atoms with Crippen LogP contribution in [-0.4, -0.2) is 37.6 Å². The van der Waals surface area contributed by atoms with Crippen molar-refractivity contribution in [1.82, 2.24) is 4.98 Å². The van der Waals surface area contributed by atoms with Crippen LogP contribution in [0.15, 0.2) is 42.6 Å². The first-order valence-electron chi connectivity index (χ1n) is 11.3. The average Bonchev–Trinajstić information content (AvgIpc) is 2.84. The lowest BCUT2D eigenvalue weighted by atomic mass is 9.91. The Labute approximate surface area is 220 Å². The predicted octanol–water partition coefficient (Wildman–Crippen LogP) is 6.71. The van der Waals surface area contributed by atoms with Gasteiger partial charge in [0.25, 0.3) is 0 Å². The second kappa shape index (κ2) is 11.8. The number of aldehydes is 1. The number of carbonyl (C=O) groups is 1. The zero-order valence-corrected chi connectivity index (χ0v) is 22.3. The molecule has 1 N–H and O–H groups in total. The highest BCUT2D eigenvalue weighted by Crippen LogP contribution is 2.47. The minimum Gasteiger partial charge on any atom is -0.493 e. The first-order valence-corrected chi connectivity index (χ1v) is 12.0. The molecule has 0 saturated heterocycles. The lowest BCUT2D eigenvalue weighted by Crippen LogP contribution is -2.27. The summed E-state index contributed by atoms with van der Waals surface area (Å²) in [6, 6.07) is 9.58. The van der Waals surface area contributed by atoms with Crippen molar-refractivity contribution in [1.29, 1.82) is 0 Å². The van der Waals surface area contributed by atoms with Crippen LogP contribution in [0.4, 0.5) is 10.2 Å². The second-order valence-electron chi connectivity index (χ2n) is 9.12. The molecule has 1 heterocycles. The molecule has 3 aromatic rings. The van der Waals surface area contributed by atoms with Gasteiger partial charge in [-0.1, -0.05) is 41.4 Å². The van der Waals surface area contributed by atoms with Gasteiger partial charge >= 0.3 is 0 Å². The van der Waals surface area contributed by atoms with Crippen molar-refractivity contribution in [3.8, 4) is 17.2 Å². The number of aromatic nitrogens is 1. The number of hydrogen-bond acceptors (Lipinski definition) is 6. The van der Waals surface area contributed by atoms with Crippen molar-refractivity contribution in [2.45, 2.75) is 38.6 Å². The summed E-state index contributed by atoms with van der Waals surface area (Å²) >= 11 is 13.2. The van der Waals surface area contributed by atoms with Gasteiger partial charge < -0.3 is 24.3 Å². The Morgan fingerprint density at radius 3 is 2.33 bits per heavy atom. The van der Waals surface area contributed by atoms with E-state index in [2.05, 4.69) is 10.3 Å². The smallest absolute Gasteiger partial charge is 0.203 e. The van der Waals surface area contributed by atoms with Crippen molar-refractivity contribution >= 4 is 35.3 Å². The van der Waals surface area contributed by atoms with E-state index in [9.17, 15) is 9.18 Å². The maximum Gasteiger partial charge on any atom is 0.203 e. The van der Waals surface area contributed by atoms with Crippen LogP contribution < -0.4 is 19.5 Å². The molecule has 0 fully saturated rings. The van der Waals surface area contributed by atoms with Gasteiger partial charge in [-0.25, -0.2) is 9.37 Å². The number of nitrogens with one attached hydrogen (secondary N) is 1. The molecule has 1 atom stereocenters. The summed E-state index contributed by atoms with van der Waals surface area (Å²) in [5, 5.41) is 3.72. The molecule has 192 valence electrons. The van der Waals surface area contributed by atoms with Crippen LogP contribution in [0.25, 0.3) is 0 Å². The fourth-order valence-corrected chi connectivity index (χ4v) is 4.36. The van der Waals surface area contributed by atoms with E-state index in [1.165, 1.54) is 32.5 Å². The quantitative estimate of drug-likeness (QED) is 0.291. The van der Waals surface area contributed by atoms with Gasteiger partial charge in [-0.3, -0.25) is 0 Å². The van der Waals surface area contributed by atoms with E-state index in [4.69, 9.17) is 37.4 Å². The maximum atomic E-state index is 13.3. The molecule has 0 saturated carbocycles. The van der Waals surface area contributed by atoms with E-state index in [1.54, 1.807) is 24.3 Å². The topological polar surface area (TPSA) is 69.7 Å². The van der Waals surface area contributed by atoms with Crippen molar-refractivity contribution in [3.63, 3.8) is 0 Å². The van der Waals surface area contributed by atoms with E-state index >= 15 is 0 Å². The van der Waals surface area contributed by atoms with Gasteiger partial charge in [-0.2, -0.15) is 0 Å². The molecule has 0 bridgehead atoms. The van der Waals surface area contributed by atoms with Crippen molar-refractivity contribution < 1.29 is 23.4 Å². The van der Waals surface area contributed by atoms with Crippen molar-refractivity contribution in [2.75, 3.05) is 26.1 Å². The fourth-order valence-electron chi connectivity index (χ4n) is 3.73. The number of halogens is 3. The van der Waals surface area contributed by atoms with Crippen LogP contribution in [0, 0.1) is 5.82 Å². The molecule has 3 rings (SSSR count). The highest BCUT2D eigenvalue weighted by molar-refractivity contribution is 6.37. The molecule has 0 aliphatic carbocycles. The lowest BCUT2D eigenvalue weighted by Gasteiger charge is -2.25. The summed E-state index contributed by atoms with van der Waals surface area (Å²) in [5.41, 5.74) is 1.46. The van der Waals surface area contributed by atoms with Gasteiger partial charge in [0, 0.05) is 29.3 Å². The number of nitrogens with zero attached hydrogens (tertiary/aromatic N) is 1. The van der Waals surface area contributed by atoms with E-state index in [0.717, 1.165) is 11.8 Å². The third-order valence-corrected chi connectivity index (χ3v) is 6.05. The molecule has 0 spiro atoms. The first-order chi connectivity index (χ1) is 17.1. The Bertz CT molecular complexity index is 1210. The molecule has 1 unspecified atom stereocenters. The number of hydrogen-bond donors (Lipinski definition) is 1. The highest BCUT2D eigenvalue weighted by atomic mass is 35.5. The van der Waals surface area contributed by atoms with Gasteiger partial charge in [0.1, 0.15) is 17.9 Å². The third-order valence-electron chi connectivity index (χ3n) is 5.37. The molecular formula is C27H29Cl2FN2O4. The number of carbonyl (C=O) groups excluding carboxylic acids is 1. The molecule has 36 heavy (non-hydrogen) atoms. The van der Waals surface area contributed by atoms with Crippen LogP contribution in [0.2, 0.25) is 10.0 Å². The van der Waals surface area contributed by atoms with Gasteiger partial charge in [0.15, 0.2) is 11.5 Å². The summed E-state index contributed by atoms with van der Waals surface area (Å²) in [6.45, 7) is 6.15. The van der Waals surface area contributed by atoms with Gasteiger partial charge in [0.05, 0.1) is 36.8 Å². The average molecular weight is 535 g/mol. The second-order valence-corrected chi connectivity index (χ2v) is 9.90. The Kier molecular flexibility index (Phi) is 9.03. The highest BCUT2D eigenvalue weighted by Gasteiger charge is 2.29. The number of ether oxygens (including phenoxy) is 3.